The first kappa shape index (κ1) is 17.1. The summed E-state index contributed by atoms with van der Waals surface area (Å²) >= 11 is 0. The van der Waals surface area contributed by atoms with Gasteiger partial charge in [0.15, 0.2) is 0 Å². The summed E-state index contributed by atoms with van der Waals surface area (Å²) in [6.45, 7) is 12.0. The molecule has 1 aliphatic rings. The van der Waals surface area contributed by atoms with Crippen LogP contribution in [-0.4, -0.2) is 0 Å². The van der Waals surface area contributed by atoms with E-state index in [1.54, 1.807) is 0 Å². The number of hydrogen-bond acceptors (Lipinski definition) is 0. The lowest BCUT2D eigenvalue weighted by Crippen LogP contribution is -2.21. The molecule has 1 atom stereocenters. The second kappa shape index (κ2) is 8.32. The summed E-state index contributed by atoms with van der Waals surface area (Å²) in [5.41, 5.74) is 0.640. The monoisotopic (exact) mass is 266 g/mol. The van der Waals surface area contributed by atoms with Gasteiger partial charge in [-0.2, -0.15) is 0 Å². The normalized spacial score (nSPS) is 21.8. The fourth-order valence-electron chi connectivity index (χ4n) is 3.52. The second-order valence-corrected chi connectivity index (χ2v) is 8.47. The third-order valence-corrected chi connectivity index (χ3v) is 5.25. The summed E-state index contributed by atoms with van der Waals surface area (Å²) in [6, 6.07) is 0. The highest BCUT2D eigenvalue weighted by Gasteiger charge is 2.26. The molecule has 0 amide bonds. The van der Waals surface area contributed by atoms with Gasteiger partial charge in [-0.1, -0.05) is 73.1 Å². The molecule has 0 radical (unpaired) electrons. The van der Waals surface area contributed by atoms with Gasteiger partial charge in [-0.05, 0) is 48.9 Å². The van der Waals surface area contributed by atoms with E-state index < -0.39 is 0 Å². The molecule has 0 spiro atoms. The summed E-state index contributed by atoms with van der Waals surface area (Å²) in [6.07, 6.45) is 14.7. The van der Waals surface area contributed by atoms with Gasteiger partial charge in [0.25, 0.3) is 0 Å². The zero-order valence-corrected chi connectivity index (χ0v) is 14.3. The molecule has 0 heterocycles. The molecule has 1 saturated carbocycles. The van der Waals surface area contributed by atoms with E-state index >= 15 is 0 Å². The Balaban J connectivity index is 2.01. The molecular weight excluding hydrogens is 228 g/mol. The Morgan fingerprint density at radius 1 is 0.895 bits per heavy atom. The van der Waals surface area contributed by atoms with Crippen molar-refractivity contribution in [3.8, 4) is 0 Å². The maximum absolute atomic E-state index is 2.46. The van der Waals surface area contributed by atoms with E-state index in [2.05, 4.69) is 34.6 Å². The third-order valence-electron chi connectivity index (χ3n) is 5.25. The zero-order chi connectivity index (χ0) is 14.3. The standard InChI is InChI=1S/C19H38/c1-16(2)8-6-9-17(3)10-7-11-18-12-14-19(4,5)15-13-18/h16-18H,6-15H2,1-5H3. The van der Waals surface area contributed by atoms with Gasteiger partial charge in [-0.3, -0.25) is 0 Å². The number of hydrogen-bond donors (Lipinski definition) is 0. The molecule has 0 bridgehead atoms. The molecule has 0 aromatic rings. The van der Waals surface area contributed by atoms with Crippen LogP contribution in [0.25, 0.3) is 0 Å². The van der Waals surface area contributed by atoms with Crippen molar-refractivity contribution in [2.75, 3.05) is 0 Å². The van der Waals surface area contributed by atoms with Gasteiger partial charge in [0, 0.05) is 0 Å². The Labute approximate surface area is 122 Å². The topological polar surface area (TPSA) is 0 Å². The molecule has 0 aromatic heterocycles. The molecule has 19 heavy (non-hydrogen) atoms. The molecular formula is C19H38. The van der Waals surface area contributed by atoms with Crippen LogP contribution < -0.4 is 0 Å². The van der Waals surface area contributed by atoms with Crippen LogP contribution >= 0.6 is 0 Å². The molecule has 1 fully saturated rings. The SMILES string of the molecule is CC(C)CCCC(C)CCCC1CCC(C)(C)CC1. The molecule has 1 rings (SSSR count). The Morgan fingerprint density at radius 2 is 1.47 bits per heavy atom. The lowest BCUT2D eigenvalue weighted by atomic mass is 9.72. The van der Waals surface area contributed by atoms with Gasteiger partial charge in [-0.15, -0.1) is 0 Å². The van der Waals surface area contributed by atoms with E-state index in [4.69, 9.17) is 0 Å². The summed E-state index contributed by atoms with van der Waals surface area (Å²) < 4.78 is 0. The smallest absolute Gasteiger partial charge is 0.0354 e. The van der Waals surface area contributed by atoms with Crippen LogP contribution in [0.4, 0.5) is 0 Å². The summed E-state index contributed by atoms with van der Waals surface area (Å²) in [5, 5.41) is 0. The Bertz CT molecular complexity index is 216. The van der Waals surface area contributed by atoms with Crippen LogP contribution in [0.15, 0.2) is 0 Å². The zero-order valence-electron chi connectivity index (χ0n) is 14.3. The van der Waals surface area contributed by atoms with Crippen molar-refractivity contribution in [3.63, 3.8) is 0 Å². The highest BCUT2D eigenvalue weighted by molar-refractivity contribution is 4.78. The van der Waals surface area contributed by atoms with Gasteiger partial charge in [0.1, 0.15) is 0 Å². The minimum absolute atomic E-state index is 0.640. The van der Waals surface area contributed by atoms with Crippen molar-refractivity contribution in [2.45, 2.75) is 98.8 Å². The Hall–Kier alpha value is 0. The van der Waals surface area contributed by atoms with Crippen LogP contribution in [0, 0.1) is 23.2 Å². The van der Waals surface area contributed by atoms with Crippen molar-refractivity contribution >= 4 is 0 Å². The van der Waals surface area contributed by atoms with Crippen LogP contribution in [0.2, 0.25) is 0 Å². The maximum Gasteiger partial charge on any atom is -0.0354 e. The minimum Gasteiger partial charge on any atom is -0.0628 e. The van der Waals surface area contributed by atoms with Crippen molar-refractivity contribution in [1.82, 2.24) is 0 Å². The molecule has 0 aliphatic heterocycles. The van der Waals surface area contributed by atoms with Crippen molar-refractivity contribution in [1.29, 1.82) is 0 Å². The average molecular weight is 267 g/mol. The van der Waals surface area contributed by atoms with Crippen LogP contribution in [0.3, 0.4) is 0 Å². The number of rotatable bonds is 8. The first-order chi connectivity index (χ1) is 8.89. The summed E-state index contributed by atoms with van der Waals surface area (Å²) in [7, 11) is 0. The molecule has 1 aliphatic carbocycles. The lowest BCUT2D eigenvalue weighted by Gasteiger charge is -2.34. The van der Waals surface area contributed by atoms with Crippen molar-refractivity contribution in [3.05, 3.63) is 0 Å². The predicted octanol–water partition coefficient (Wildman–Crippen LogP) is 6.84. The second-order valence-electron chi connectivity index (χ2n) is 8.47. The Kier molecular flexibility index (Phi) is 7.47. The lowest BCUT2D eigenvalue weighted by molar-refractivity contribution is 0.181. The van der Waals surface area contributed by atoms with Crippen LogP contribution in [0.1, 0.15) is 98.8 Å². The largest absolute Gasteiger partial charge is 0.0628 e. The molecule has 1 unspecified atom stereocenters. The molecule has 0 aromatic carbocycles. The van der Waals surface area contributed by atoms with E-state index in [9.17, 15) is 0 Å². The molecule has 0 saturated heterocycles. The summed E-state index contributed by atoms with van der Waals surface area (Å²) in [4.78, 5) is 0. The fourth-order valence-corrected chi connectivity index (χ4v) is 3.52. The molecule has 0 nitrogen and oxygen atoms in total. The predicted molar refractivity (Wildman–Crippen MR) is 87.4 cm³/mol. The quantitative estimate of drug-likeness (QED) is 0.451. The van der Waals surface area contributed by atoms with Crippen LogP contribution in [0.5, 0.6) is 0 Å². The minimum atomic E-state index is 0.640. The van der Waals surface area contributed by atoms with E-state index in [1.165, 1.54) is 64.2 Å². The highest BCUT2D eigenvalue weighted by Crippen LogP contribution is 2.39. The first-order valence-corrected chi connectivity index (χ1v) is 8.89. The van der Waals surface area contributed by atoms with Crippen LogP contribution in [-0.2, 0) is 0 Å². The van der Waals surface area contributed by atoms with E-state index in [-0.39, 0.29) is 0 Å². The van der Waals surface area contributed by atoms with Crippen molar-refractivity contribution < 1.29 is 0 Å². The van der Waals surface area contributed by atoms with E-state index in [1.807, 2.05) is 0 Å². The maximum atomic E-state index is 2.46. The van der Waals surface area contributed by atoms with Gasteiger partial charge >= 0.3 is 0 Å². The van der Waals surface area contributed by atoms with Gasteiger partial charge in [0.2, 0.25) is 0 Å². The van der Waals surface area contributed by atoms with Gasteiger partial charge < -0.3 is 0 Å². The van der Waals surface area contributed by atoms with E-state index in [0.29, 0.717) is 5.41 Å². The molecule has 0 heteroatoms. The van der Waals surface area contributed by atoms with Gasteiger partial charge in [-0.25, -0.2) is 0 Å². The van der Waals surface area contributed by atoms with E-state index in [0.717, 1.165) is 17.8 Å². The molecule has 114 valence electrons. The average Bonchev–Trinajstić information content (AvgIpc) is 2.31. The first-order valence-electron chi connectivity index (χ1n) is 8.89. The Morgan fingerprint density at radius 3 is 2.05 bits per heavy atom. The molecule has 0 N–H and O–H groups in total. The third kappa shape index (κ3) is 8.00. The fraction of sp³-hybridized carbons (Fsp3) is 1.00. The van der Waals surface area contributed by atoms with Gasteiger partial charge in [0.05, 0.1) is 0 Å². The summed E-state index contributed by atoms with van der Waals surface area (Å²) in [5.74, 6) is 2.90. The van der Waals surface area contributed by atoms with Crippen molar-refractivity contribution in [2.24, 2.45) is 23.2 Å². The highest BCUT2D eigenvalue weighted by atomic mass is 14.3.